The molecule has 2 aliphatic rings. The van der Waals surface area contributed by atoms with Crippen molar-refractivity contribution in [2.45, 2.75) is 19.3 Å². The molecule has 2 amide bonds. The Hall–Kier alpha value is -2.44. The molecule has 1 N–H and O–H groups in total. The van der Waals surface area contributed by atoms with Gasteiger partial charge in [-0.2, -0.15) is 0 Å². The summed E-state index contributed by atoms with van der Waals surface area (Å²) in [5, 5.41) is 9.00. The summed E-state index contributed by atoms with van der Waals surface area (Å²) in [5.41, 5.74) is 0.388. The number of nitrogens with zero attached hydrogens (tertiary/aromatic N) is 2. The normalized spacial score (nSPS) is 21.1. The van der Waals surface area contributed by atoms with Crippen molar-refractivity contribution >= 4 is 23.5 Å². The number of likely N-dealkylation sites (tertiary alicyclic amines) is 1. The summed E-state index contributed by atoms with van der Waals surface area (Å²) in [7, 11) is 0. The van der Waals surface area contributed by atoms with E-state index in [2.05, 4.69) is 0 Å². The average molecular weight is 320 g/mol. The second-order valence-electron chi connectivity index (χ2n) is 5.89. The molecule has 1 aromatic carbocycles. The van der Waals surface area contributed by atoms with Crippen LogP contribution in [-0.4, -0.2) is 47.4 Å². The van der Waals surface area contributed by atoms with Crippen molar-refractivity contribution < 1.29 is 23.9 Å². The summed E-state index contributed by atoms with van der Waals surface area (Å²) in [5.74, 6) is -2.78. The van der Waals surface area contributed by atoms with Gasteiger partial charge in [0.1, 0.15) is 5.82 Å². The summed E-state index contributed by atoms with van der Waals surface area (Å²) < 4.78 is 14.0. The molecular formula is C16H17FN2O4. The van der Waals surface area contributed by atoms with E-state index < -0.39 is 23.6 Å². The van der Waals surface area contributed by atoms with E-state index in [-0.39, 0.29) is 18.0 Å². The lowest BCUT2D eigenvalue weighted by atomic mass is 10.1. The largest absolute Gasteiger partial charge is 0.481 e. The van der Waals surface area contributed by atoms with Crippen LogP contribution in [-0.2, 0) is 9.59 Å². The van der Waals surface area contributed by atoms with E-state index in [9.17, 15) is 18.8 Å². The molecular weight excluding hydrogens is 303 g/mol. The van der Waals surface area contributed by atoms with Gasteiger partial charge in [0.05, 0.1) is 11.5 Å². The molecule has 0 aromatic heterocycles. The number of hydrogen-bond donors (Lipinski definition) is 1. The molecule has 2 saturated heterocycles. The van der Waals surface area contributed by atoms with Crippen molar-refractivity contribution in [3.05, 3.63) is 29.6 Å². The maximum absolute atomic E-state index is 14.0. The monoisotopic (exact) mass is 320 g/mol. The smallest absolute Gasteiger partial charge is 0.308 e. The maximum Gasteiger partial charge on any atom is 0.308 e. The molecule has 0 aliphatic carbocycles. The number of aliphatic carboxylic acids is 1. The zero-order valence-electron chi connectivity index (χ0n) is 12.5. The number of halogens is 1. The van der Waals surface area contributed by atoms with Crippen LogP contribution in [0.25, 0.3) is 0 Å². The van der Waals surface area contributed by atoms with E-state index in [0.717, 1.165) is 6.42 Å². The molecule has 0 bridgehead atoms. The molecule has 3 rings (SSSR count). The molecule has 23 heavy (non-hydrogen) atoms. The maximum atomic E-state index is 14.0. The number of carbonyl (C=O) groups excluding carboxylic acids is 2. The quantitative estimate of drug-likeness (QED) is 0.915. The number of benzene rings is 1. The summed E-state index contributed by atoms with van der Waals surface area (Å²) in [6, 6.07) is 4.05. The fourth-order valence-corrected chi connectivity index (χ4v) is 3.08. The minimum absolute atomic E-state index is 0.0397. The number of carboxylic acids is 1. The molecule has 2 fully saturated rings. The molecule has 2 aliphatic heterocycles. The topological polar surface area (TPSA) is 77.9 Å². The second-order valence-corrected chi connectivity index (χ2v) is 5.89. The van der Waals surface area contributed by atoms with Crippen LogP contribution in [0, 0.1) is 11.7 Å². The Bertz CT molecular complexity index is 676. The van der Waals surface area contributed by atoms with Gasteiger partial charge in [-0.15, -0.1) is 0 Å². The number of rotatable bonds is 3. The van der Waals surface area contributed by atoms with Gasteiger partial charge in [0.25, 0.3) is 5.91 Å². The second kappa shape index (κ2) is 5.98. The number of carboxylic acid groups (broad SMARTS) is 1. The Morgan fingerprint density at radius 3 is 2.65 bits per heavy atom. The van der Waals surface area contributed by atoms with Gasteiger partial charge in [-0.3, -0.25) is 14.4 Å². The van der Waals surface area contributed by atoms with Crippen LogP contribution in [0.4, 0.5) is 10.1 Å². The van der Waals surface area contributed by atoms with Gasteiger partial charge in [-0.25, -0.2) is 4.39 Å². The van der Waals surface area contributed by atoms with E-state index in [1.54, 1.807) is 4.90 Å². The highest BCUT2D eigenvalue weighted by Crippen LogP contribution is 2.26. The fourth-order valence-electron chi connectivity index (χ4n) is 3.08. The highest BCUT2D eigenvalue weighted by atomic mass is 19.1. The van der Waals surface area contributed by atoms with Gasteiger partial charge >= 0.3 is 5.97 Å². The van der Waals surface area contributed by atoms with Gasteiger partial charge in [0.15, 0.2) is 0 Å². The molecule has 6 nitrogen and oxygen atoms in total. The van der Waals surface area contributed by atoms with Crippen LogP contribution in [0.3, 0.4) is 0 Å². The van der Waals surface area contributed by atoms with Gasteiger partial charge in [-0.1, -0.05) is 0 Å². The van der Waals surface area contributed by atoms with Gasteiger partial charge < -0.3 is 14.9 Å². The van der Waals surface area contributed by atoms with Crippen molar-refractivity contribution in [2.75, 3.05) is 24.5 Å². The van der Waals surface area contributed by atoms with E-state index in [0.29, 0.717) is 31.6 Å². The standard InChI is InChI=1S/C16H17FN2O4/c17-13-4-3-11(19-6-1-2-14(19)20)8-12(13)15(21)18-7-5-10(9-18)16(22)23/h3-4,8,10H,1-2,5-7,9H2,(H,22,23). The van der Waals surface area contributed by atoms with Gasteiger partial charge in [0.2, 0.25) is 5.91 Å². The van der Waals surface area contributed by atoms with Crippen LogP contribution >= 0.6 is 0 Å². The Kier molecular flexibility index (Phi) is 4.02. The zero-order chi connectivity index (χ0) is 16.6. The number of anilines is 1. The molecule has 1 unspecified atom stereocenters. The predicted octanol–water partition coefficient (Wildman–Crippen LogP) is 1.50. The van der Waals surface area contributed by atoms with Crippen LogP contribution in [0.2, 0.25) is 0 Å². The summed E-state index contributed by atoms with van der Waals surface area (Å²) in [6.07, 6.45) is 1.56. The lowest BCUT2D eigenvalue weighted by Crippen LogP contribution is -2.31. The molecule has 1 aromatic rings. The predicted molar refractivity (Wildman–Crippen MR) is 79.6 cm³/mol. The van der Waals surface area contributed by atoms with Crippen molar-refractivity contribution in [1.29, 1.82) is 0 Å². The molecule has 0 saturated carbocycles. The van der Waals surface area contributed by atoms with E-state index in [1.165, 1.54) is 23.1 Å². The van der Waals surface area contributed by atoms with Gasteiger partial charge in [-0.05, 0) is 31.0 Å². The summed E-state index contributed by atoms with van der Waals surface area (Å²) in [6.45, 7) is 0.936. The summed E-state index contributed by atoms with van der Waals surface area (Å²) >= 11 is 0. The number of amides is 2. The molecule has 0 radical (unpaired) electrons. The van der Waals surface area contributed by atoms with Gasteiger partial charge in [0, 0.05) is 31.7 Å². The average Bonchev–Trinajstić information content (AvgIpc) is 3.16. The Morgan fingerprint density at radius 1 is 1.26 bits per heavy atom. The third kappa shape index (κ3) is 2.91. The Morgan fingerprint density at radius 2 is 2.04 bits per heavy atom. The molecule has 122 valence electrons. The first-order chi connectivity index (χ1) is 11.0. The minimum Gasteiger partial charge on any atom is -0.481 e. The van der Waals surface area contributed by atoms with Crippen molar-refractivity contribution in [3.8, 4) is 0 Å². The van der Waals surface area contributed by atoms with E-state index in [1.807, 2.05) is 0 Å². The SMILES string of the molecule is O=C(O)C1CCN(C(=O)c2cc(N3CCCC3=O)ccc2F)C1. The number of carbonyl (C=O) groups is 3. The lowest BCUT2D eigenvalue weighted by molar-refractivity contribution is -0.141. The highest BCUT2D eigenvalue weighted by Gasteiger charge is 2.32. The lowest BCUT2D eigenvalue weighted by Gasteiger charge is -2.19. The first kappa shape index (κ1) is 15.5. The fraction of sp³-hybridized carbons (Fsp3) is 0.438. The summed E-state index contributed by atoms with van der Waals surface area (Å²) in [4.78, 5) is 38.1. The highest BCUT2D eigenvalue weighted by molar-refractivity contribution is 5.99. The zero-order valence-corrected chi connectivity index (χ0v) is 12.5. The third-order valence-electron chi connectivity index (χ3n) is 4.39. The Balaban J connectivity index is 1.83. The third-order valence-corrected chi connectivity index (χ3v) is 4.39. The molecule has 0 spiro atoms. The van der Waals surface area contributed by atoms with Crippen molar-refractivity contribution in [2.24, 2.45) is 5.92 Å². The number of hydrogen-bond acceptors (Lipinski definition) is 3. The molecule has 2 heterocycles. The Labute approximate surface area is 132 Å². The van der Waals surface area contributed by atoms with Crippen LogP contribution < -0.4 is 4.90 Å². The van der Waals surface area contributed by atoms with Crippen molar-refractivity contribution in [3.63, 3.8) is 0 Å². The minimum atomic E-state index is -0.947. The van der Waals surface area contributed by atoms with Crippen molar-refractivity contribution in [1.82, 2.24) is 4.90 Å². The van der Waals surface area contributed by atoms with Crippen LogP contribution in [0.1, 0.15) is 29.6 Å². The van der Waals surface area contributed by atoms with E-state index >= 15 is 0 Å². The van der Waals surface area contributed by atoms with Crippen LogP contribution in [0.5, 0.6) is 0 Å². The first-order valence-corrected chi connectivity index (χ1v) is 7.59. The van der Waals surface area contributed by atoms with E-state index in [4.69, 9.17) is 5.11 Å². The first-order valence-electron chi connectivity index (χ1n) is 7.59. The molecule has 7 heteroatoms. The van der Waals surface area contributed by atoms with Crippen LogP contribution in [0.15, 0.2) is 18.2 Å². The molecule has 1 atom stereocenters.